The van der Waals surface area contributed by atoms with Gasteiger partial charge in [0.15, 0.2) is 0 Å². The molecule has 0 saturated carbocycles. The Bertz CT molecular complexity index is 837. The molecule has 122 valence electrons. The van der Waals surface area contributed by atoms with Crippen molar-refractivity contribution in [2.24, 2.45) is 10.7 Å². The first-order valence-corrected chi connectivity index (χ1v) is 9.42. The van der Waals surface area contributed by atoms with Crippen LogP contribution in [0.3, 0.4) is 0 Å². The number of nitrogens with zero attached hydrogens (tertiary/aromatic N) is 1. The number of nitrogens with one attached hydrogen (secondary N) is 1. The third-order valence-electron chi connectivity index (χ3n) is 2.83. The van der Waals surface area contributed by atoms with E-state index in [9.17, 15) is 13.5 Å². The summed E-state index contributed by atoms with van der Waals surface area (Å²) in [5.41, 5.74) is 6.26. The van der Waals surface area contributed by atoms with Crippen LogP contribution < -0.4 is 10.5 Å². The van der Waals surface area contributed by atoms with Crippen molar-refractivity contribution in [3.63, 3.8) is 0 Å². The molecule has 0 aliphatic carbocycles. The highest BCUT2D eigenvalue weighted by atomic mass is 79.9. The Morgan fingerprint density at radius 1 is 1.22 bits per heavy atom. The van der Waals surface area contributed by atoms with Gasteiger partial charge in [-0.25, -0.2) is 8.42 Å². The second-order valence-electron chi connectivity index (χ2n) is 4.43. The monoisotopic (exact) mass is 461 g/mol. The van der Waals surface area contributed by atoms with Crippen molar-refractivity contribution in [3.8, 4) is 5.75 Å². The average Bonchev–Trinajstić information content (AvgIpc) is 2.50. The number of benzene rings is 2. The minimum atomic E-state index is -3.59. The van der Waals surface area contributed by atoms with Gasteiger partial charge in [-0.05, 0) is 52.3 Å². The molecule has 2 aromatic rings. The average molecular weight is 463 g/mol. The summed E-state index contributed by atoms with van der Waals surface area (Å²) < 4.78 is 27.1. The highest BCUT2D eigenvalue weighted by Gasteiger charge is 2.11. The van der Waals surface area contributed by atoms with E-state index in [2.05, 4.69) is 41.6 Å². The third-order valence-corrected chi connectivity index (χ3v) is 5.33. The van der Waals surface area contributed by atoms with Crippen LogP contribution in [0, 0.1) is 0 Å². The number of halogens is 2. The van der Waals surface area contributed by atoms with Gasteiger partial charge >= 0.3 is 0 Å². The van der Waals surface area contributed by atoms with Crippen molar-refractivity contribution < 1.29 is 13.5 Å². The number of phenolic OH excluding ortho intramolecular Hbond substituents is 1. The molecule has 23 heavy (non-hydrogen) atoms. The van der Waals surface area contributed by atoms with E-state index in [1.54, 1.807) is 24.3 Å². The number of hydrogen-bond donors (Lipinski definition) is 3. The molecule has 4 N–H and O–H groups in total. The van der Waals surface area contributed by atoms with Gasteiger partial charge in [-0.3, -0.25) is 4.99 Å². The molecular weight excluding hydrogens is 450 g/mol. The fourth-order valence-corrected chi connectivity index (χ4v) is 3.87. The summed E-state index contributed by atoms with van der Waals surface area (Å²) in [6, 6.07) is 9.42. The van der Waals surface area contributed by atoms with Crippen LogP contribution in [0.5, 0.6) is 5.75 Å². The largest absolute Gasteiger partial charge is 0.506 e. The molecular formula is C14H13Br2N3O3S. The molecule has 2 aromatic carbocycles. The van der Waals surface area contributed by atoms with Crippen molar-refractivity contribution in [2.45, 2.75) is 4.90 Å². The molecule has 9 heteroatoms. The highest BCUT2D eigenvalue weighted by molar-refractivity contribution is 9.11. The Morgan fingerprint density at radius 2 is 1.87 bits per heavy atom. The van der Waals surface area contributed by atoms with Crippen LogP contribution in [0.2, 0.25) is 0 Å². The maximum absolute atomic E-state index is 11.8. The van der Waals surface area contributed by atoms with Gasteiger partial charge in [0.1, 0.15) is 5.75 Å². The van der Waals surface area contributed by atoms with Gasteiger partial charge in [0.05, 0.1) is 21.7 Å². The predicted octanol–water partition coefficient (Wildman–Crippen LogP) is 2.86. The summed E-state index contributed by atoms with van der Waals surface area (Å²) in [6.07, 6.45) is 1.49. The summed E-state index contributed by atoms with van der Waals surface area (Å²) >= 11 is 6.58. The molecule has 0 saturated heterocycles. The van der Waals surface area contributed by atoms with Gasteiger partial charge in [0.2, 0.25) is 10.0 Å². The normalized spacial score (nSPS) is 12.0. The first-order chi connectivity index (χ1) is 10.8. The minimum Gasteiger partial charge on any atom is -0.506 e. The number of hydrogen-bond acceptors (Lipinski definition) is 5. The summed E-state index contributed by atoms with van der Waals surface area (Å²) in [4.78, 5) is 4.33. The zero-order valence-corrected chi connectivity index (χ0v) is 15.7. The summed E-state index contributed by atoms with van der Waals surface area (Å²) in [5, 5.41) is 9.95. The zero-order valence-electron chi connectivity index (χ0n) is 11.7. The molecule has 6 nitrogen and oxygen atoms in total. The van der Waals surface area contributed by atoms with Crippen molar-refractivity contribution >= 4 is 53.8 Å². The molecule has 0 unspecified atom stereocenters. The number of aliphatic imine (C=N–C) groups is 1. The lowest BCUT2D eigenvalue weighted by Gasteiger charge is -2.05. The van der Waals surface area contributed by atoms with Crippen LogP contribution in [0.25, 0.3) is 0 Å². The van der Waals surface area contributed by atoms with Crippen molar-refractivity contribution in [2.75, 3.05) is 6.67 Å². The van der Waals surface area contributed by atoms with E-state index in [0.29, 0.717) is 15.7 Å². The number of phenols is 1. The Balaban J connectivity index is 2.25. The highest BCUT2D eigenvalue weighted by Crippen LogP contribution is 2.31. The van der Waals surface area contributed by atoms with Gasteiger partial charge in [0.25, 0.3) is 0 Å². The number of nitrogens with two attached hydrogens (primary N) is 1. The second-order valence-corrected chi connectivity index (χ2v) is 7.97. The Labute approximate surface area is 150 Å². The van der Waals surface area contributed by atoms with Crippen LogP contribution in [0.4, 0.5) is 5.69 Å². The molecule has 0 aromatic heterocycles. The van der Waals surface area contributed by atoms with Gasteiger partial charge in [-0.1, -0.05) is 15.9 Å². The molecule has 0 amide bonds. The Kier molecular flexibility index (Phi) is 5.93. The smallest absolute Gasteiger partial charge is 0.241 e. The topological polar surface area (TPSA) is 105 Å². The van der Waals surface area contributed by atoms with Crippen molar-refractivity contribution in [1.29, 1.82) is 0 Å². The van der Waals surface area contributed by atoms with Crippen molar-refractivity contribution in [3.05, 3.63) is 50.9 Å². The van der Waals surface area contributed by atoms with E-state index in [0.717, 1.165) is 4.47 Å². The van der Waals surface area contributed by atoms with Crippen LogP contribution >= 0.6 is 31.9 Å². The third kappa shape index (κ3) is 4.61. The molecule has 0 spiro atoms. The molecule has 2 rings (SSSR count). The second kappa shape index (κ2) is 7.54. The minimum absolute atomic E-state index is 0.0725. The lowest BCUT2D eigenvalue weighted by atomic mass is 10.2. The summed E-state index contributed by atoms with van der Waals surface area (Å²) in [6.45, 7) is -0.167. The van der Waals surface area contributed by atoms with Gasteiger partial charge in [0, 0.05) is 16.3 Å². The first kappa shape index (κ1) is 18.1. The van der Waals surface area contributed by atoms with E-state index in [1.165, 1.54) is 18.3 Å². The molecule has 0 atom stereocenters. The lowest BCUT2D eigenvalue weighted by molar-refractivity contribution is 0.471. The van der Waals surface area contributed by atoms with Crippen LogP contribution in [-0.2, 0) is 10.0 Å². The SMILES string of the molecule is NCNS(=O)(=O)c1ccc(N=Cc2cc(Br)cc(Br)c2O)cc1. The van der Waals surface area contributed by atoms with E-state index in [4.69, 9.17) is 5.73 Å². The maximum Gasteiger partial charge on any atom is 0.241 e. The fourth-order valence-electron chi connectivity index (χ4n) is 1.73. The zero-order chi connectivity index (χ0) is 17.0. The standard InChI is InChI=1S/C14H13Br2N3O3S/c15-10-5-9(14(20)13(16)6-10)7-18-11-1-3-12(4-2-11)23(21,22)19-8-17/h1-7,19-20H,8,17H2. The van der Waals surface area contributed by atoms with E-state index >= 15 is 0 Å². The van der Waals surface area contributed by atoms with E-state index in [1.807, 2.05) is 0 Å². The molecule has 0 fully saturated rings. The molecule has 0 aliphatic heterocycles. The molecule has 0 bridgehead atoms. The molecule has 0 heterocycles. The quantitative estimate of drug-likeness (QED) is 0.469. The van der Waals surface area contributed by atoms with E-state index < -0.39 is 10.0 Å². The maximum atomic E-state index is 11.8. The fraction of sp³-hybridized carbons (Fsp3) is 0.0714. The van der Waals surface area contributed by atoms with Gasteiger partial charge < -0.3 is 10.8 Å². The first-order valence-electron chi connectivity index (χ1n) is 6.35. The Hall–Kier alpha value is -1.26. The molecule has 0 radical (unpaired) electrons. The van der Waals surface area contributed by atoms with Crippen molar-refractivity contribution in [1.82, 2.24) is 4.72 Å². The summed E-state index contributed by atoms with van der Waals surface area (Å²) in [5.74, 6) is 0.0725. The Morgan fingerprint density at radius 3 is 2.48 bits per heavy atom. The molecule has 0 aliphatic rings. The van der Waals surface area contributed by atoms with E-state index in [-0.39, 0.29) is 17.3 Å². The van der Waals surface area contributed by atoms with Crippen LogP contribution in [-0.4, -0.2) is 26.4 Å². The van der Waals surface area contributed by atoms with Crippen LogP contribution in [0.15, 0.2) is 55.2 Å². The van der Waals surface area contributed by atoms with Gasteiger partial charge in [-0.15, -0.1) is 0 Å². The van der Waals surface area contributed by atoms with Crippen LogP contribution in [0.1, 0.15) is 5.56 Å². The number of aromatic hydroxyl groups is 1. The number of sulfonamides is 1. The van der Waals surface area contributed by atoms with Gasteiger partial charge in [-0.2, -0.15) is 4.72 Å². The number of rotatable bonds is 5. The predicted molar refractivity (Wildman–Crippen MR) is 96.6 cm³/mol. The lowest BCUT2D eigenvalue weighted by Crippen LogP contribution is -2.29. The summed E-state index contributed by atoms with van der Waals surface area (Å²) in [7, 11) is -3.59.